The molecule has 2 amide bonds. The molecule has 37 heavy (non-hydrogen) atoms. The Kier molecular flexibility index (Phi) is 11.3. The highest BCUT2D eigenvalue weighted by molar-refractivity contribution is 5.79. The summed E-state index contributed by atoms with van der Waals surface area (Å²) >= 11 is 0. The normalized spacial score (nSPS) is 21.7. The minimum absolute atomic E-state index is 0.0311. The molecule has 2 N–H and O–H groups in total. The Balaban J connectivity index is 2.43. The Morgan fingerprint density at radius 1 is 1.14 bits per heavy atom. The van der Waals surface area contributed by atoms with Gasteiger partial charge < -0.3 is 19.9 Å². The van der Waals surface area contributed by atoms with E-state index < -0.39 is 23.8 Å². The maximum Gasteiger partial charge on any atom is 0.411 e. The van der Waals surface area contributed by atoms with Crippen molar-refractivity contribution in [3.63, 3.8) is 0 Å². The Bertz CT molecular complexity index is 862. The van der Waals surface area contributed by atoms with Gasteiger partial charge in [0.05, 0.1) is 25.3 Å². The van der Waals surface area contributed by atoms with Crippen LogP contribution < -0.4 is 10.1 Å². The molecule has 0 bridgehead atoms. The third-order valence-electron chi connectivity index (χ3n) is 7.40. The molecule has 7 heteroatoms. The second kappa shape index (κ2) is 13.5. The Morgan fingerprint density at radius 2 is 1.76 bits per heavy atom. The summed E-state index contributed by atoms with van der Waals surface area (Å²) in [7, 11) is 1.63. The van der Waals surface area contributed by atoms with E-state index in [4.69, 9.17) is 9.47 Å². The van der Waals surface area contributed by atoms with Gasteiger partial charge in [-0.25, -0.2) is 4.79 Å². The van der Waals surface area contributed by atoms with Gasteiger partial charge in [0, 0.05) is 12.5 Å². The van der Waals surface area contributed by atoms with Crippen molar-refractivity contribution in [3.8, 4) is 5.75 Å². The number of nitrogens with one attached hydrogen (secondary N) is 1. The van der Waals surface area contributed by atoms with Gasteiger partial charge in [-0.2, -0.15) is 0 Å². The summed E-state index contributed by atoms with van der Waals surface area (Å²) in [5.74, 6) is 0.827. The number of aliphatic hydroxyl groups is 1. The first kappa shape index (κ1) is 30.9. The van der Waals surface area contributed by atoms with E-state index in [2.05, 4.69) is 26.1 Å². The monoisotopic (exact) mass is 518 g/mol. The average molecular weight is 519 g/mol. The van der Waals surface area contributed by atoms with Crippen LogP contribution in [0.2, 0.25) is 0 Å². The van der Waals surface area contributed by atoms with Gasteiger partial charge in [-0.3, -0.25) is 9.69 Å². The van der Waals surface area contributed by atoms with Gasteiger partial charge >= 0.3 is 6.09 Å². The third-order valence-corrected chi connectivity index (χ3v) is 7.40. The van der Waals surface area contributed by atoms with Crippen LogP contribution in [0.1, 0.15) is 92.7 Å². The topological polar surface area (TPSA) is 88.1 Å². The van der Waals surface area contributed by atoms with E-state index in [0.717, 1.165) is 24.2 Å². The van der Waals surface area contributed by atoms with E-state index in [1.54, 1.807) is 12.0 Å². The number of nitrogens with zero attached hydrogens (tertiary/aromatic N) is 1. The molecule has 0 radical (unpaired) electrons. The average Bonchev–Trinajstić information content (AvgIpc) is 3.22. The molecule has 0 aliphatic carbocycles. The lowest BCUT2D eigenvalue weighted by Crippen LogP contribution is -2.48. The highest BCUT2D eigenvalue weighted by Crippen LogP contribution is 2.47. The van der Waals surface area contributed by atoms with Gasteiger partial charge in [0.2, 0.25) is 5.91 Å². The molecule has 0 unspecified atom stereocenters. The molecular formula is C30H50N2O5. The first-order chi connectivity index (χ1) is 17.3. The van der Waals surface area contributed by atoms with E-state index in [1.807, 2.05) is 58.9 Å². The fourth-order valence-electron chi connectivity index (χ4n) is 5.30. The maximum absolute atomic E-state index is 13.7. The number of rotatable bonds is 11. The summed E-state index contributed by atoms with van der Waals surface area (Å²) in [4.78, 5) is 28.4. The SMILES string of the molecule is CCCCNC(=O)[C@H](C[C@H](O)[C@@H]1C[C@@H](C(C)C)[C@@H](c2ccc(OC)cc2)N1C(=O)OC(C)(C)C)C(C)C. The molecule has 2 rings (SSSR count). The molecule has 1 aliphatic rings. The van der Waals surface area contributed by atoms with Crippen LogP contribution in [-0.2, 0) is 9.53 Å². The fourth-order valence-corrected chi connectivity index (χ4v) is 5.30. The van der Waals surface area contributed by atoms with Crippen molar-refractivity contribution < 1.29 is 24.2 Å². The Labute approximate surface area is 224 Å². The van der Waals surface area contributed by atoms with Crippen LogP contribution in [0.4, 0.5) is 4.79 Å². The molecule has 1 fully saturated rings. The molecule has 0 aromatic heterocycles. The van der Waals surface area contributed by atoms with E-state index in [9.17, 15) is 14.7 Å². The second-order valence-electron chi connectivity index (χ2n) is 12.1. The number of carbonyl (C=O) groups excluding carboxylic acids is 2. The molecule has 1 aromatic rings. The van der Waals surface area contributed by atoms with Gasteiger partial charge in [0.1, 0.15) is 11.4 Å². The molecule has 1 aliphatic heterocycles. The van der Waals surface area contributed by atoms with Crippen molar-refractivity contribution in [1.82, 2.24) is 10.2 Å². The smallest absolute Gasteiger partial charge is 0.411 e. The first-order valence-electron chi connectivity index (χ1n) is 13.9. The lowest BCUT2D eigenvalue weighted by Gasteiger charge is -2.36. The van der Waals surface area contributed by atoms with Crippen LogP contribution in [0.3, 0.4) is 0 Å². The van der Waals surface area contributed by atoms with Gasteiger partial charge in [0.15, 0.2) is 0 Å². The molecule has 1 heterocycles. The number of likely N-dealkylation sites (tertiary alicyclic amines) is 1. The van der Waals surface area contributed by atoms with Gasteiger partial charge in [-0.05, 0) is 75.5 Å². The lowest BCUT2D eigenvalue weighted by atomic mass is 9.82. The molecule has 5 atom stereocenters. The molecular weight excluding hydrogens is 468 g/mol. The van der Waals surface area contributed by atoms with Gasteiger partial charge in [-0.1, -0.05) is 53.2 Å². The van der Waals surface area contributed by atoms with Crippen LogP contribution >= 0.6 is 0 Å². The minimum Gasteiger partial charge on any atom is -0.497 e. The number of benzene rings is 1. The van der Waals surface area contributed by atoms with Gasteiger partial charge in [-0.15, -0.1) is 0 Å². The fraction of sp³-hybridized carbons (Fsp3) is 0.733. The standard InChI is InChI=1S/C30H50N2O5/c1-10-11-16-31-28(34)24(20(4)5)18-26(33)25-17-23(19(2)3)27(21-12-14-22(36-9)15-13-21)32(25)29(35)37-30(6,7)8/h12-15,19-20,23-27,33H,10-11,16-18H2,1-9H3,(H,31,34)/t23-,24+,25-,26-,27+/m0/s1. The van der Waals surface area contributed by atoms with E-state index in [1.165, 1.54) is 0 Å². The van der Waals surface area contributed by atoms with Crippen molar-refractivity contribution in [2.75, 3.05) is 13.7 Å². The number of hydrogen-bond acceptors (Lipinski definition) is 5. The highest BCUT2D eigenvalue weighted by atomic mass is 16.6. The number of unbranched alkanes of at least 4 members (excludes halogenated alkanes) is 1. The summed E-state index contributed by atoms with van der Waals surface area (Å²) in [5, 5.41) is 14.6. The van der Waals surface area contributed by atoms with Crippen LogP contribution in [0.25, 0.3) is 0 Å². The van der Waals surface area contributed by atoms with Crippen LogP contribution in [0.15, 0.2) is 24.3 Å². The molecule has 1 aromatic carbocycles. The minimum atomic E-state index is -0.860. The number of hydrogen-bond donors (Lipinski definition) is 2. The molecule has 0 spiro atoms. The van der Waals surface area contributed by atoms with Crippen molar-refractivity contribution in [1.29, 1.82) is 0 Å². The Morgan fingerprint density at radius 3 is 2.24 bits per heavy atom. The third kappa shape index (κ3) is 8.36. The predicted octanol–water partition coefficient (Wildman–Crippen LogP) is 5.96. The first-order valence-corrected chi connectivity index (χ1v) is 13.9. The van der Waals surface area contributed by atoms with Crippen molar-refractivity contribution in [3.05, 3.63) is 29.8 Å². The summed E-state index contributed by atoms with van der Waals surface area (Å²) in [6.07, 6.45) is 1.56. The zero-order valence-electron chi connectivity index (χ0n) is 24.4. The van der Waals surface area contributed by atoms with E-state index in [0.29, 0.717) is 19.4 Å². The molecule has 210 valence electrons. The highest BCUT2D eigenvalue weighted by Gasteiger charge is 2.50. The Hall–Kier alpha value is -2.28. The maximum atomic E-state index is 13.7. The van der Waals surface area contributed by atoms with Gasteiger partial charge in [0.25, 0.3) is 0 Å². The summed E-state index contributed by atoms with van der Waals surface area (Å²) < 4.78 is 11.2. The second-order valence-corrected chi connectivity index (χ2v) is 12.1. The number of methoxy groups -OCH3 is 1. The summed E-state index contributed by atoms with van der Waals surface area (Å²) in [6.45, 7) is 16.6. The van der Waals surface area contributed by atoms with E-state index in [-0.39, 0.29) is 35.6 Å². The molecule has 7 nitrogen and oxygen atoms in total. The zero-order chi connectivity index (χ0) is 27.9. The van der Waals surface area contributed by atoms with E-state index >= 15 is 0 Å². The largest absolute Gasteiger partial charge is 0.497 e. The summed E-state index contributed by atoms with van der Waals surface area (Å²) in [6, 6.07) is 7.07. The number of amides is 2. The zero-order valence-corrected chi connectivity index (χ0v) is 24.4. The van der Waals surface area contributed by atoms with Crippen molar-refractivity contribution in [2.45, 2.75) is 105 Å². The van der Waals surface area contributed by atoms with Crippen LogP contribution in [0.5, 0.6) is 5.75 Å². The number of ether oxygens (including phenoxy) is 2. The van der Waals surface area contributed by atoms with Crippen molar-refractivity contribution in [2.24, 2.45) is 23.7 Å². The van der Waals surface area contributed by atoms with Crippen molar-refractivity contribution >= 4 is 12.0 Å². The molecule has 0 saturated carbocycles. The number of aliphatic hydroxyl groups excluding tert-OH is 1. The summed E-state index contributed by atoms with van der Waals surface area (Å²) in [5.41, 5.74) is 0.310. The van der Waals surface area contributed by atoms with Crippen LogP contribution in [-0.4, -0.2) is 53.4 Å². The lowest BCUT2D eigenvalue weighted by molar-refractivity contribution is -0.127. The quantitative estimate of drug-likeness (QED) is 0.353. The number of carbonyl (C=O) groups is 2. The van der Waals surface area contributed by atoms with Crippen LogP contribution in [0, 0.1) is 23.7 Å². The predicted molar refractivity (Wildman–Crippen MR) is 147 cm³/mol. The molecule has 1 saturated heterocycles.